The van der Waals surface area contributed by atoms with Gasteiger partial charge in [0.1, 0.15) is 11.6 Å². The molecule has 0 aliphatic carbocycles. The molecular weight excluding hydrogens is 409 g/mol. The summed E-state index contributed by atoms with van der Waals surface area (Å²) in [5, 5.41) is 11.1. The summed E-state index contributed by atoms with van der Waals surface area (Å²) in [6, 6.07) is 11.6. The number of amides is 1. The molecule has 2 aromatic heterocycles. The Bertz CT molecular complexity index is 1360. The average molecular weight is 433 g/mol. The third kappa shape index (κ3) is 4.44. The molecule has 164 valence electrons. The molecule has 0 unspecified atom stereocenters. The second-order valence-corrected chi connectivity index (χ2v) is 8.12. The van der Waals surface area contributed by atoms with Crippen LogP contribution >= 0.6 is 0 Å². The van der Waals surface area contributed by atoms with Crippen LogP contribution in [0, 0.1) is 25.6 Å². The number of hydrogen-bond acceptors (Lipinski definition) is 4. The second-order valence-electron chi connectivity index (χ2n) is 8.12. The van der Waals surface area contributed by atoms with Crippen molar-refractivity contribution in [1.82, 2.24) is 19.2 Å². The normalized spacial score (nSPS) is 12.1. The summed E-state index contributed by atoms with van der Waals surface area (Å²) in [6.45, 7) is 5.99. The van der Waals surface area contributed by atoms with Crippen molar-refractivity contribution in [3.05, 3.63) is 88.0 Å². The predicted molar refractivity (Wildman–Crippen MR) is 121 cm³/mol. The molecule has 0 aliphatic rings. The van der Waals surface area contributed by atoms with Gasteiger partial charge in [-0.15, -0.1) is 10.2 Å². The van der Waals surface area contributed by atoms with E-state index in [0.29, 0.717) is 24.4 Å². The van der Waals surface area contributed by atoms with E-state index in [9.17, 15) is 14.0 Å². The van der Waals surface area contributed by atoms with Crippen LogP contribution in [-0.4, -0.2) is 25.1 Å². The Balaban J connectivity index is 1.48. The average Bonchev–Trinajstić information content (AvgIpc) is 3.14. The zero-order chi connectivity index (χ0) is 22.8. The maximum atomic E-state index is 13.5. The number of aryl methyl sites for hydroxylation is 2. The molecule has 4 aromatic rings. The predicted octanol–water partition coefficient (Wildman–Crippen LogP) is 3.84. The van der Waals surface area contributed by atoms with Crippen molar-refractivity contribution in [1.29, 1.82) is 0 Å². The lowest BCUT2D eigenvalue weighted by Gasteiger charge is -2.12. The Labute approximate surface area is 184 Å². The van der Waals surface area contributed by atoms with Crippen LogP contribution in [0.4, 0.5) is 10.1 Å². The third-order valence-electron chi connectivity index (χ3n) is 5.48. The van der Waals surface area contributed by atoms with Gasteiger partial charge in [-0.1, -0.05) is 19.1 Å². The molecule has 2 aromatic carbocycles. The number of benzene rings is 2. The first kappa shape index (κ1) is 21.4. The number of carbonyl (C=O) groups excluding carboxylic acids is 1. The highest BCUT2D eigenvalue weighted by molar-refractivity contribution is 5.91. The van der Waals surface area contributed by atoms with Crippen molar-refractivity contribution in [2.75, 3.05) is 5.32 Å². The van der Waals surface area contributed by atoms with Crippen LogP contribution in [0.25, 0.3) is 11.3 Å². The standard InChI is InChI=1S/C24H24FN5O2/c1-15(12-22(31)26-19-8-7-16(2)17(3)13-19)11-21-27-28-23-24(32)29(9-10-30(21)23)20-6-4-5-18(25)14-20/h4-10,13-15H,11-12H2,1-3H3,(H,26,31)/t15-/m0/s1. The minimum atomic E-state index is -0.427. The number of halogens is 1. The van der Waals surface area contributed by atoms with Gasteiger partial charge in [-0.05, 0) is 61.2 Å². The van der Waals surface area contributed by atoms with Gasteiger partial charge in [-0.2, -0.15) is 0 Å². The molecule has 0 saturated heterocycles. The van der Waals surface area contributed by atoms with Gasteiger partial charge in [0, 0.05) is 30.9 Å². The van der Waals surface area contributed by atoms with E-state index in [0.717, 1.165) is 11.3 Å². The van der Waals surface area contributed by atoms with E-state index in [1.165, 1.54) is 22.3 Å². The maximum absolute atomic E-state index is 13.5. The molecular formula is C24H24FN5O2. The van der Waals surface area contributed by atoms with Crippen LogP contribution in [0.1, 0.15) is 30.3 Å². The fourth-order valence-corrected chi connectivity index (χ4v) is 3.63. The van der Waals surface area contributed by atoms with Gasteiger partial charge in [0.15, 0.2) is 0 Å². The number of nitrogens with zero attached hydrogens (tertiary/aromatic N) is 4. The molecule has 0 bridgehead atoms. The fraction of sp³-hybridized carbons (Fsp3) is 0.250. The smallest absolute Gasteiger partial charge is 0.300 e. The van der Waals surface area contributed by atoms with Crippen LogP contribution in [0.15, 0.2) is 59.7 Å². The van der Waals surface area contributed by atoms with Crippen molar-refractivity contribution >= 4 is 17.2 Å². The van der Waals surface area contributed by atoms with Crippen molar-refractivity contribution in [2.24, 2.45) is 5.92 Å². The van der Waals surface area contributed by atoms with E-state index in [1.807, 2.05) is 39.0 Å². The minimum Gasteiger partial charge on any atom is -0.326 e. The zero-order valence-corrected chi connectivity index (χ0v) is 18.2. The topological polar surface area (TPSA) is 81.3 Å². The quantitative estimate of drug-likeness (QED) is 0.501. The van der Waals surface area contributed by atoms with Crippen LogP contribution in [0.2, 0.25) is 0 Å². The number of anilines is 1. The number of carbonyl (C=O) groups is 1. The van der Waals surface area contributed by atoms with Gasteiger partial charge in [-0.25, -0.2) is 4.39 Å². The summed E-state index contributed by atoms with van der Waals surface area (Å²) >= 11 is 0. The van der Waals surface area contributed by atoms with Gasteiger partial charge in [-0.3, -0.25) is 18.6 Å². The summed E-state index contributed by atoms with van der Waals surface area (Å²) in [6.07, 6.45) is 4.03. The summed E-state index contributed by atoms with van der Waals surface area (Å²) in [5.74, 6) is 0.0712. The molecule has 0 saturated carbocycles. The Hall–Kier alpha value is -3.81. The van der Waals surface area contributed by atoms with Crippen molar-refractivity contribution in [2.45, 2.75) is 33.6 Å². The van der Waals surface area contributed by atoms with Crippen molar-refractivity contribution < 1.29 is 9.18 Å². The minimum absolute atomic E-state index is 0.0143. The number of hydrogen-bond donors (Lipinski definition) is 1. The maximum Gasteiger partial charge on any atom is 0.300 e. The molecule has 1 atom stereocenters. The molecule has 2 heterocycles. The van der Waals surface area contributed by atoms with Gasteiger partial charge in [0.05, 0.1) is 5.69 Å². The lowest BCUT2D eigenvalue weighted by molar-refractivity contribution is -0.116. The Morgan fingerprint density at radius 1 is 1.09 bits per heavy atom. The van der Waals surface area contributed by atoms with E-state index < -0.39 is 11.4 Å². The van der Waals surface area contributed by atoms with Crippen LogP contribution in [-0.2, 0) is 11.2 Å². The first-order valence-corrected chi connectivity index (χ1v) is 10.4. The first-order chi connectivity index (χ1) is 15.3. The molecule has 32 heavy (non-hydrogen) atoms. The lowest BCUT2D eigenvalue weighted by Crippen LogP contribution is -2.21. The van der Waals surface area contributed by atoms with E-state index in [2.05, 4.69) is 15.5 Å². The Kier molecular flexibility index (Phi) is 5.85. The summed E-state index contributed by atoms with van der Waals surface area (Å²) in [5.41, 5.74) is 3.24. The molecule has 0 fully saturated rings. The summed E-state index contributed by atoms with van der Waals surface area (Å²) in [7, 11) is 0. The molecule has 4 rings (SSSR count). The Morgan fingerprint density at radius 3 is 2.66 bits per heavy atom. The fourth-order valence-electron chi connectivity index (χ4n) is 3.63. The monoisotopic (exact) mass is 433 g/mol. The van der Waals surface area contributed by atoms with Crippen LogP contribution in [0.5, 0.6) is 0 Å². The van der Waals surface area contributed by atoms with Gasteiger partial charge in [0.25, 0.3) is 0 Å². The number of nitrogens with one attached hydrogen (secondary N) is 1. The highest BCUT2D eigenvalue weighted by Gasteiger charge is 2.16. The molecule has 0 radical (unpaired) electrons. The zero-order valence-electron chi connectivity index (χ0n) is 18.2. The van der Waals surface area contributed by atoms with Crippen LogP contribution in [0.3, 0.4) is 0 Å². The van der Waals surface area contributed by atoms with Gasteiger partial charge in [0.2, 0.25) is 11.6 Å². The molecule has 8 heteroatoms. The summed E-state index contributed by atoms with van der Waals surface area (Å²) < 4.78 is 16.5. The van der Waals surface area contributed by atoms with Gasteiger partial charge < -0.3 is 5.32 Å². The molecule has 1 N–H and O–H groups in total. The number of fused-ring (bicyclic) bond motifs is 1. The first-order valence-electron chi connectivity index (χ1n) is 10.4. The largest absolute Gasteiger partial charge is 0.326 e. The number of aromatic nitrogens is 4. The van der Waals surface area contributed by atoms with Crippen LogP contribution < -0.4 is 10.9 Å². The van der Waals surface area contributed by atoms with Gasteiger partial charge >= 0.3 is 5.56 Å². The van der Waals surface area contributed by atoms with E-state index in [4.69, 9.17) is 0 Å². The second kappa shape index (κ2) is 8.74. The highest BCUT2D eigenvalue weighted by Crippen LogP contribution is 2.17. The molecule has 0 aliphatic heterocycles. The molecule has 7 nitrogen and oxygen atoms in total. The van der Waals surface area contributed by atoms with Crippen molar-refractivity contribution in [3.63, 3.8) is 0 Å². The van der Waals surface area contributed by atoms with E-state index >= 15 is 0 Å². The molecule has 1 amide bonds. The van der Waals surface area contributed by atoms with E-state index in [-0.39, 0.29) is 17.5 Å². The highest BCUT2D eigenvalue weighted by atomic mass is 19.1. The van der Waals surface area contributed by atoms with Crippen molar-refractivity contribution in [3.8, 4) is 5.69 Å². The third-order valence-corrected chi connectivity index (χ3v) is 5.48. The Morgan fingerprint density at radius 2 is 1.91 bits per heavy atom. The lowest BCUT2D eigenvalue weighted by atomic mass is 10.0. The summed E-state index contributed by atoms with van der Waals surface area (Å²) in [4.78, 5) is 25.3. The molecule has 0 spiro atoms. The number of rotatable bonds is 6. The SMILES string of the molecule is Cc1ccc(NC(=O)C[C@@H](C)Cc2nnc3c(=O)n(-c4cccc(F)c4)ccn23)cc1C. The van der Waals surface area contributed by atoms with E-state index in [1.54, 1.807) is 28.9 Å².